The molecular formula is C13H17ClF3N3O2. The van der Waals surface area contributed by atoms with Crippen molar-refractivity contribution in [1.82, 2.24) is 5.32 Å². The Morgan fingerprint density at radius 2 is 1.86 bits per heavy atom. The largest absolute Gasteiger partial charge is 0.416 e. The summed E-state index contributed by atoms with van der Waals surface area (Å²) >= 11 is 0. The topological polar surface area (TPSA) is 84.2 Å². The molecule has 0 aromatic heterocycles. The molecular weight excluding hydrogens is 323 g/mol. The average molecular weight is 340 g/mol. The minimum Gasteiger partial charge on any atom is -0.348 e. The Bertz CT molecular complexity index is 550. The van der Waals surface area contributed by atoms with Gasteiger partial charge >= 0.3 is 6.18 Å². The number of hydrogen-bond donors (Lipinski definition) is 3. The van der Waals surface area contributed by atoms with E-state index in [1.807, 2.05) is 0 Å². The van der Waals surface area contributed by atoms with Gasteiger partial charge in [-0.05, 0) is 25.1 Å². The molecule has 0 fully saturated rings. The molecule has 1 aromatic rings. The van der Waals surface area contributed by atoms with Crippen LogP contribution >= 0.6 is 12.4 Å². The molecule has 22 heavy (non-hydrogen) atoms. The van der Waals surface area contributed by atoms with Crippen LogP contribution in [0.3, 0.4) is 0 Å². The summed E-state index contributed by atoms with van der Waals surface area (Å²) < 4.78 is 38.4. The minimum absolute atomic E-state index is 0. The van der Waals surface area contributed by atoms with Gasteiger partial charge < -0.3 is 16.4 Å². The smallest absolute Gasteiger partial charge is 0.348 e. The number of hydrogen-bond acceptors (Lipinski definition) is 3. The first-order valence-corrected chi connectivity index (χ1v) is 6.14. The van der Waals surface area contributed by atoms with Gasteiger partial charge in [-0.25, -0.2) is 0 Å². The van der Waals surface area contributed by atoms with Crippen molar-refractivity contribution in [1.29, 1.82) is 0 Å². The Hall–Kier alpha value is -1.80. The molecule has 1 rings (SSSR count). The molecule has 2 amide bonds. The van der Waals surface area contributed by atoms with Crippen LogP contribution in [0.4, 0.5) is 18.9 Å². The van der Waals surface area contributed by atoms with Gasteiger partial charge in [0.25, 0.3) is 5.91 Å². The van der Waals surface area contributed by atoms with Crippen LogP contribution in [0.1, 0.15) is 29.8 Å². The zero-order valence-electron chi connectivity index (χ0n) is 12.0. The number of alkyl halides is 3. The third kappa shape index (κ3) is 5.90. The highest BCUT2D eigenvalue weighted by molar-refractivity contribution is 5.97. The molecule has 124 valence electrons. The Labute approximate surface area is 131 Å². The number of carbonyl (C=O) groups is 2. The second-order valence-corrected chi connectivity index (χ2v) is 4.59. The zero-order valence-corrected chi connectivity index (χ0v) is 12.8. The van der Waals surface area contributed by atoms with Gasteiger partial charge in [0.15, 0.2) is 0 Å². The quantitative estimate of drug-likeness (QED) is 0.786. The SMILES string of the molecule is CC(=O)Nc1cc(C(=O)N[C@@H](C)CN)cc(C(F)(F)F)c1.Cl. The monoisotopic (exact) mass is 339 g/mol. The minimum atomic E-state index is -4.62. The molecule has 0 saturated heterocycles. The predicted molar refractivity (Wildman–Crippen MR) is 79.0 cm³/mol. The number of benzene rings is 1. The third-order valence-corrected chi connectivity index (χ3v) is 2.57. The van der Waals surface area contributed by atoms with E-state index in [1.54, 1.807) is 6.92 Å². The number of halogens is 4. The van der Waals surface area contributed by atoms with E-state index in [9.17, 15) is 22.8 Å². The summed E-state index contributed by atoms with van der Waals surface area (Å²) in [5.41, 5.74) is 4.03. The molecule has 1 atom stereocenters. The van der Waals surface area contributed by atoms with Gasteiger partial charge in [0.05, 0.1) is 5.56 Å². The van der Waals surface area contributed by atoms with Crippen LogP contribution in [0.2, 0.25) is 0 Å². The molecule has 0 radical (unpaired) electrons. The van der Waals surface area contributed by atoms with Gasteiger partial charge in [0.1, 0.15) is 0 Å². The maximum Gasteiger partial charge on any atom is 0.416 e. The van der Waals surface area contributed by atoms with Crippen molar-refractivity contribution >= 4 is 29.9 Å². The summed E-state index contributed by atoms with van der Waals surface area (Å²) in [5.74, 6) is -1.22. The van der Waals surface area contributed by atoms with Crippen molar-refractivity contribution in [2.45, 2.75) is 26.1 Å². The number of amides is 2. The molecule has 4 N–H and O–H groups in total. The lowest BCUT2D eigenvalue weighted by Crippen LogP contribution is -2.37. The standard InChI is InChI=1S/C13H16F3N3O2.ClH/c1-7(6-17)18-12(21)9-3-10(13(14,15)16)5-11(4-9)19-8(2)20;/h3-5,7H,6,17H2,1-2H3,(H,18,21)(H,19,20);1H/t7-;/m0./s1. The molecule has 5 nitrogen and oxygen atoms in total. The maximum atomic E-state index is 12.8. The number of carbonyl (C=O) groups excluding carboxylic acids is 2. The predicted octanol–water partition coefficient (Wildman–Crippen LogP) is 2.16. The molecule has 0 heterocycles. The first kappa shape index (κ1) is 20.2. The van der Waals surface area contributed by atoms with Gasteiger partial charge in [0.2, 0.25) is 5.91 Å². The third-order valence-electron chi connectivity index (χ3n) is 2.57. The molecule has 1 aromatic carbocycles. The van der Waals surface area contributed by atoms with Crippen molar-refractivity contribution in [3.8, 4) is 0 Å². The van der Waals surface area contributed by atoms with Crippen LogP contribution < -0.4 is 16.4 Å². The molecule has 0 aliphatic rings. The number of nitrogens with two attached hydrogens (primary N) is 1. The molecule has 0 saturated carbocycles. The van der Waals surface area contributed by atoms with Crippen LogP contribution in [0.25, 0.3) is 0 Å². The summed E-state index contributed by atoms with van der Waals surface area (Å²) in [7, 11) is 0. The van der Waals surface area contributed by atoms with E-state index in [1.165, 1.54) is 6.07 Å². The van der Waals surface area contributed by atoms with Crippen LogP contribution in [0, 0.1) is 0 Å². The summed E-state index contributed by atoms with van der Waals surface area (Å²) in [6, 6.07) is 2.29. The second-order valence-electron chi connectivity index (χ2n) is 4.59. The molecule has 0 spiro atoms. The Kier molecular flexibility index (Phi) is 7.34. The van der Waals surface area contributed by atoms with E-state index in [2.05, 4.69) is 10.6 Å². The van der Waals surface area contributed by atoms with Crippen molar-refractivity contribution in [2.24, 2.45) is 5.73 Å². The molecule has 0 aliphatic heterocycles. The number of nitrogens with one attached hydrogen (secondary N) is 2. The molecule has 0 unspecified atom stereocenters. The normalized spacial score (nSPS) is 12.1. The van der Waals surface area contributed by atoms with Crippen LogP contribution in [-0.4, -0.2) is 24.4 Å². The highest BCUT2D eigenvalue weighted by Gasteiger charge is 2.32. The highest BCUT2D eigenvalue weighted by atomic mass is 35.5. The lowest BCUT2D eigenvalue weighted by Gasteiger charge is -2.15. The summed E-state index contributed by atoms with van der Waals surface area (Å²) in [5, 5.41) is 4.70. The van der Waals surface area contributed by atoms with Crippen LogP contribution in [-0.2, 0) is 11.0 Å². The lowest BCUT2D eigenvalue weighted by atomic mass is 10.1. The fourth-order valence-corrected chi connectivity index (χ4v) is 1.56. The molecule has 0 bridgehead atoms. The van der Waals surface area contributed by atoms with E-state index in [0.717, 1.165) is 19.1 Å². The summed E-state index contributed by atoms with van der Waals surface area (Å²) in [6.45, 7) is 2.94. The Morgan fingerprint density at radius 3 is 2.32 bits per heavy atom. The molecule has 9 heteroatoms. The summed E-state index contributed by atoms with van der Waals surface area (Å²) in [4.78, 5) is 22.9. The van der Waals surface area contributed by atoms with Gasteiger partial charge in [-0.3, -0.25) is 9.59 Å². The number of anilines is 1. The van der Waals surface area contributed by atoms with Gasteiger partial charge in [-0.15, -0.1) is 12.4 Å². The first-order chi connectivity index (χ1) is 9.63. The van der Waals surface area contributed by atoms with Gasteiger partial charge in [0, 0.05) is 30.8 Å². The van der Waals surface area contributed by atoms with Gasteiger partial charge in [-0.2, -0.15) is 13.2 Å². The van der Waals surface area contributed by atoms with Crippen molar-refractivity contribution in [3.05, 3.63) is 29.3 Å². The Balaban J connectivity index is 0.00000441. The Morgan fingerprint density at radius 1 is 1.27 bits per heavy atom. The van der Waals surface area contributed by atoms with Gasteiger partial charge in [-0.1, -0.05) is 0 Å². The van der Waals surface area contributed by atoms with Crippen molar-refractivity contribution in [2.75, 3.05) is 11.9 Å². The average Bonchev–Trinajstić information content (AvgIpc) is 2.36. The second kappa shape index (κ2) is 8.00. The maximum absolute atomic E-state index is 12.8. The highest BCUT2D eigenvalue weighted by Crippen LogP contribution is 2.32. The zero-order chi connectivity index (χ0) is 16.2. The van der Waals surface area contributed by atoms with E-state index in [4.69, 9.17) is 5.73 Å². The molecule has 0 aliphatic carbocycles. The van der Waals surface area contributed by atoms with E-state index >= 15 is 0 Å². The van der Waals surface area contributed by atoms with Crippen molar-refractivity contribution in [3.63, 3.8) is 0 Å². The van der Waals surface area contributed by atoms with Crippen molar-refractivity contribution < 1.29 is 22.8 Å². The van der Waals surface area contributed by atoms with E-state index in [0.29, 0.717) is 0 Å². The van der Waals surface area contributed by atoms with E-state index in [-0.39, 0.29) is 36.2 Å². The van der Waals surface area contributed by atoms with Crippen LogP contribution in [0.5, 0.6) is 0 Å². The van der Waals surface area contributed by atoms with E-state index < -0.39 is 23.6 Å². The fraction of sp³-hybridized carbons (Fsp3) is 0.385. The fourth-order valence-electron chi connectivity index (χ4n) is 1.56. The summed E-state index contributed by atoms with van der Waals surface area (Å²) in [6.07, 6.45) is -4.62. The first-order valence-electron chi connectivity index (χ1n) is 6.14. The van der Waals surface area contributed by atoms with Crippen LogP contribution in [0.15, 0.2) is 18.2 Å². The lowest BCUT2D eigenvalue weighted by molar-refractivity contribution is -0.137. The number of rotatable bonds is 4.